The van der Waals surface area contributed by atoms with Gasteiger partial charge in [-0.15, -0.1) is 11.3 Å². The number of fused-ring (bicyclic) bond motifs is 2. The third-order valence-electron chi connectivity index (χ3n) is 6.83. The number of nitrogens with zero attached hydrogens (tertiary/aromatic N) is 2. The summed E-state index contributed by atoms with van der Waals surface area (Å²) in [6, 6.07) is 4.19. The van der Waals surface area contributed by atoms with E-state index in [1.165, 1.54) is 37.0 Å². The predicted octanol–water partition coefficient (Wildman–Crippen LogP) is 2.77. The molecule has 3 saturated heterocycles. The summed E-state index contributed by atoms with van der Waals surface area (Å²) in [5.74, 6) is 0.228. The quantitative estimate of drug-likeness (QED) is 0.613. The molecule has 0 unspecified atom stereocenters. The minimum absolute atomic E-state index is 0.0327. The Hall–Kier alpha value is -1.18. The SMILES string of the molecule is O=C1O[C@@H]2[C@H]3[C@@H]([C@H]1C[C@H]2O)N(CC1CCCCC1)C(=S)N3Cc1cccs1. The smallest absolute Gasteiger partial charge is 0.311 e. The second-order valence-corrected chi connectivity index (χ2v) is 9.84. The lowest BCUT2D eigenvalue weighted by molar-refractivity contribution is -0.199. The number of aliphatic hydroxyl groups is 1. The highest BCUT2D eigenvalue weighted by atomic mass is 32.1. The van der Waals surface area contributed by atoms with Crippen molar-refractivity contribution in [2.24, 2.45) is 11.8 Å². The monoisotopic (exact) mass is 406 g/mol. The second-order valence-electron chi connectivity index (χ2n) is 8.44. The average molecular weight is 407 g/mol. The van der Waals surface area contributed by atoms with E-state index in [0.717, 1.165) is 18.2 Å². The Morgan fingerprint density at radius 2 is 2.04 bits per heavy atom. The summed E-state index contributed by atoms with van der Waals surface area (Å²) in [7, 11) is 0. The van der Waals surface area contributed by atoms with Gasteiger partial charge < -0.3 is 19.6 Å². The van der Waals surface area contributed by atoms with E-state index in [2.05, 4.69) is 27.3 Å². The highest BCUT2D eigenvalue weighted by Crippen LogP contribution is 2.45. The van der Waals surface area contributed by atoms with Gasteiger partial charge in [0.15, 0.2) is 5.11 Å². The number of rotatable bonds is 4. The first kappa shape index (κ1) is 17.9. The van der Waals surface area contributed by atoms with Crippen LogP contribution in [-0.4, -0.2) is 56.8 Å². The zero-order valence-electron chi connectivity index (χ0n) is 15.3. The minimum Gasteiger partial charge on any atom is -0.457 e. The van der Waals surface area contributed by atoms with Crippen LogP contribution in [-0.2, 0) is 16.1 Å². The van der Waals surface area contributed by atoms with E-state index < -0.39 is 12.2 Å². The number of aliphatic hydroxyl groups excluding tert-OH is 1. The molecule has 2 aliphatic carbocycles. The van der Waals surface area contributed by atoms with Gasteiger partial charge in [-0.1, -0.05) is 25.3 Å². The van der Waals surface area contributed by atoms with Gasteiger partial charge in [-0.25, -0.2) is 0 Å². The molecule has 0 radical (unpaired) electrons. The Kier molecular flexibility index (Phi) is 4.64. The number of ether oxygens (including phenoxy) is 1. The van der Waals surface area contributed by atoms with E-state index in [0.29, 0.717) is 12.3 Å². The van der Waals surface area contributed by atoms with Crippen LogP contribution in [0.25, 0.3) is 0 Å². The molecule has 4 heterocycles. The maximum absolute atomic E-state index is 12.5. The molecule has 1 N–H and O–H groups in total. The fourth-order valence-electron chi connectivity index (χ4n) is 5.57. The van der Waals surface area contributed by atoms with Crippen LogP contribution < -0.4 is 0 Å². The lowest BCUT2D eigenvalue weighted by atomic mass is 9.74. The fourth-order valence-corrected chi connectivity index (χ4v) is 6.66. The third-order valence-corrected chi connectivity index (χ3v) is 8.16. The molecule has 5 nitrogen and oxygen atoms in total. The molecule has 5 atom stereocenters. The molecule has 146 valence electrons. The predicted molar refractivity (Wildman–Crippen MR) is 107 cm³/mol. The molecule has 6 rings (SSSR count). The van der Waals surface area contributed by atoms with Gasteiger partial charge in [-0.2, -0.15) is 0 Å². The Labute approximate surface area is 169 Å². The molecule has 2 saturated carbocycles. The first-order chi connectivity index (χ1) is 13.1. The minimum atomic E-state index is -0.586. The lowest BCUT2D eigenvalue weighted by Crippen LogP contribution is -2.66. The molecule has 2 bridgehead atoms. The molecule has 5 aliphatic rings. The van der Waals surface area contributed by atoms with E-state index in [4.69, 9.17) is 17.0 Å². The molecule has 1 aromatic rings. The molecule has 27 heavy (non-hydrogen) atoms. The zero-order valence-corrected chi connectivity index (χ0v) is 17.0. The fraction of sp³-hybridized carbons (Fsp3) is 0.700. The number of thiophene rings is 1. The van der Waals surface area contributed by atoms with Crippen molar-refractivity contribution in [1.29, 1.82) is 0 Å². The average Bonchev–Trinajstić information content (AvgIpc) is 3.27. The summed E-state index contributed by atoms with van der Waals surface area (Å²) >= 11 is 7.66. The molecule has 5 fully saturated rings. The van der Waals surface area contributed by atoms with E-state index in [9.17, 15) is 9.90 Å². The van der Waals surface area contributed by atoms with E-state index in [1.807, 2.05) is 0 Å². The number of carbonyl (C=O) groups excluding carboxylic acids is 1. The van der Waals surface area contributed by atoms with Crippen molar-refractivity contribution in [1.82, 2.24) is 9.80 Å². The lowest BCUT2D eigenvalue weighted by Gasteiger charge is -2.49. The van der Waals surface area contributed by atoms with Crippen molar-refractivity contribution in [3.63, 3.8) is 0 Å². The Balaban J connectivity index is 1.46. The summed E-state index contributed by atoms with van der Waals surface area (Å²) in [4.78, 5) is 18.3. The molecule has 3 aliphatic heterocycles. The van der Waals surface area contributed by atoms with Crippen LogP contribution in [0.5, 0.6) is 0 Å². The Morgan fingerprint density at radius 1 is 1.22 bits per heavy atom. The van der Waals surface area contributed by atoms with Crippen molar-refractivity contribution >= 4 is 34.6 Å². The van der Waals surface area contributed by atoms with Crippen molar-refractivity contribution in [2.45, 2.75) is 69.4 Å². The van der Waals surface area contributed by atoms with Gasteiger partial charge in [0.05, 0.1) is 30.7 Å². The van der Waals surface area contributed by atoms with Crippen LogP contribution in [0.4, 0.5) is 0 Å². The van der Waals surface area contributed by atoms with Gasteiger partial charge in [0, 0.05) is 11.4 Å². The topological polar surface area (TPSA) is 53.0 Å². The van der Waals surface area contributed by atoms with Crippen LogP contribution in [0.1, 0.15) is 43.4 Å². The van der Waals surface area contributed by atoms with Gasteiger partial charge >= 0.3 is 5.97 Å². The first-order valence-corrected chi connectivity index (χ1v) is 11.4. The van der Waals surface area contributed by atoms with Crippen LogP contribution >= 0.6 is 23.6 Å². The second kappa shape index (κ2) is 7.01. The van der Waals surface area contributed by atoms with Crippen LogP contribution in [0.2, 0.25) is 0 Å². The van der Waals surface area contributed by atoms with Gasteiger partial charge in [-0.05, 0) is 48.8 Å². The summed E-state index contributed by atoms with van der Waals surface area (Å²) < 4.78 is 5.63. The maximum Gasteiger partial charge on any atom is 0.311 e. The maximum atomic E-state index is 12.5. The van der Waals surface area contributed by atoms with Crippen LogP contribution in [0, 0.1) is 11.8 Å². The van der Waals surface area contributed by atoms with Gasteiger partial charge in [0.2, 0.25) is 0 Å². The van der Waals surface area contributed by atoms with E-state index >= 15 is 0 Å². The Morgan fingerprint density at radius 3 is 2.78 bits per heavy atom. The number of hydrogen-bond donors (Lipinski definition) is 1. The molecular formula is C20H26N2O3S2. The van der Waals surface area contributed by atoms with Gasteiger partial charge in [0.25, 0.3) is 0 Å². The molecule has 1 aromatic heterocycles. The highest BCUT2D eigenvalue weighted by Gasteiger charge is 2.62. The molecule has 0 amide bonds. The zero-order chi connectivity index (χ0) is 18.5. The number of thiocarbonyl (C=S) groups is 1. The number of carbonyl (C=O) groups is 1. The number of esters is 1. The van der Waals surface area contributed by atoms with E-state index in [-0.39, 0.29) is 24.0 Å². The normalized spacial score (nSPS) is 36.3. The summed E-state index contributed by atoms with van der Waals surface area (Å²) in [5, 5.41) is 13.5. The van der Waals surface area contributed by atoms with Crippen molar-refractivity contribution in [3.8, 4) is 0 Å². The largest absolute Gasteiger partial charge is 0.457 e. The van der Waals surface area contributed by atoms with Crippen LogP contribution in [0.3, 0.4) is 0 Å². The van der Waals surface area contributed by atoms with Gasteiger partial charge in [-0.3, -0.25) is 4.79 Å². The first-order valence-electron chi connectivity index (χ1n) is 10.1. The number of hydrogen-bond acceptors (Lipinski definition) is 5. The van der Waals surface area contributed by atoms with Crippen molar-refractivity contribution < 1.29 is 14.6 Å². The molecule has 0 spiro atoms. The molecule has 7 heteroatoms. The highest BCUT2D eigenvalue weighted by molar-refractivity contribution is 7.80. The standard InChI is InChI=1S/C20H26N2O3S2/c23-15-9-14-16-17(18(15)25-19(14)24)22(11-13-7-4-8-27-13)20(26)21(16)10-12-5-2-1-3-6-12/h4,7-8,12,14-18,23H,1-3,5-6,9-11H2/t14-,15-,16-,17-,18+/m1/s1. The van der Waals surface area contributed by atoms with Crippen molar-refractivity contribution in [3.05, 3.63) is 22.4 Å². The summed E-state index contributed by atoms with van der Waals surface area (Å²) in [6.45, 7) is 1.67. The summed E-state index contributed by atoms with van der Waals surface area (Å²) in [6.07, 6.45) is 5.88. The summed E-state index contributed by atoms with van der Waals surface area (Å²) in [5.41, 5.74) is 0. The molecular weight excluding hydrogens is 380 g/mol. The van der Waals surface area contributed by atoms with E-state index in [1.54, 1.807) is 11.3 Å². The molecule has 0 aromatic carbocycles. The van der Waals surface area contributed by atoms with Crippen LogP contribution in [0.15, 0.2) is 17.5 Å². The Bertz CT molecular complexity index is 719. The van der Waals surface area contributed by atoms with Crippen molar-refractivity contribution in [2.75, 3.05) is 6.54 Å². The third kappa shape index (κ3) is 2.98. The van der Waals surface area contributed by atoms with Gasteiger partial charge in [0.1, 0.15) is 6.10 Å².